The number of rotatable bonds is 6. The summed E-state index contributed by atoms with van der Waals surface area (Å²) in [5.74, 6) is 0.456. The summed E-state index contributed by atoms with van der Waals surface area (Å²) in [5.41, 5.74) is 8.83. The van der Waals surface area contributed by atoms with Crippen molar-refractivity contribution >= 4 is 28.1 Å². The summed E-state index contributed by atoms with van der Waals surface area (Å²) in [6.07, 6.45) is 4.63. The van der Waals surface area contributed by atoms with Gasteiger partial charge in [0.05, 0.1) is 5.75 Å². The van der Waals surface area contributed by atoms with E-state index in [1.165, 1.54) is 5.56 Å². The molecule has 0 radical (unpaired) electrons. The number of sulfonamides is 1. The monoisotopic (exact) mass is 346 g/mol. The lowest BCUT2D eigenvalue weighted by Gasteiger charge is -2.27. The van der Waals surface area contributed by atoms with E-state index in [1.54, 1.807) is 0 Å². The topological polar surface area (TPSA) is 72.2 Å². The Morgan fingerprint density at radius 1 is 1.32 bits per heavy atom. The van der Waals surface area contributed by atoms with Gasteiger partial charge in [-0.05, 0) is 48.4 Å². The Morgan fingerprint density at radius 2 is 2.00 bits per heavy atom. The first-order valence-corrected chi connectivity index (χ1v) is 9.48. The van der Waals surface area contributed by atoms with E-state index in [4.69, 9.17) is 5.73 Å². The fourth-order valence-corrected chi connectivity index (χ4v) is 4.92. The second-order valence-corrected chi connectivity index (χ2v) is 7.78. The number of aryl methyl sites for hydroxylation is 1. The zero-order valence-electron chi connectivity index (χ0n) is 13.3. The molecule has 4 nitrogen and oxygen atoms in total. The third-order valence-corrected chi connectivity index (χ3v) is 5.97. The van der Waals surface area contributed by atoms with E-state index in [0.29, 0.717) is 0 Å². The molecular weight excluding hydrogens is 320 g/mol. The van der Waals surface area contributed by atoms with Crippen LogP contribution in [0.25, 0.3) is 0 Å². The molecule has 22 heavy (non-hydrogen) atoms. The predicted molar refractivity (Wildman–Crippen MR) is 94.8 cm³/mol. The molecule has 3 N–H and O–H groups in total. The number of fused-ring (bicyclic) bond motifs is 1. The molecule has 0 heterocycles. The van der Waals surface area contributed by atoms with E-state index < -0.39 is 10.0 Å². The molecule has 1 aromatic rings. The van der Waals surface area contributed by atoms with Gasteiger partial charge in [-0.1, -0.05) is 32.8 Å². The highest BCUT2D eigenvalue weighted by Crippen LogP contribution is 2.31. The zero-order valence-corrected chi connectivity index (χ0v) is 15.0. The van der Waals surface area contributed by atoms with Crippen molar-refractivity contribution in [2.75, 3.05) is 11.5 Å². The smallest absolute Gasteiger partial charge is 0.212 e. The van der Waals surface area contributed by atoms with Crippen LogP contribution in [-0.2, 0) is 16.4 Å². The number of hydrogen-bond donors (Lipinski definition) is 2. The summed E-state index contributed by atoms with van der Waals surface area (Å²) < 4.78 is 27.6. The highest BCUT2D eigenvalue weighted by atomic mass is 35.5. The van der Waals surface area contributed by atoms with Crippen LogP contribution in [0.4, 0.5) is 5.69 Å². The van der Waals surface area contributed by atoms with Crippen LogP contribution >= 0.6 is 12.4 Å². The van der Waals surface area contributed by atoms with Crippen molar-refractivity contribution in [1.29, 1.82) is 0 Å². The van der Waals surface area contributed by atoms with Crippen molar-refractivity contribution in [3.63, 3.8) is 0 Å². The third-order valence-electron chi connectivity index (χ3n) is 4.41. The maximum absolute atomic E-state index is 12.4. The van der Waals surface area contributed by atoms with Gasteiger partial charge in [0.25, 0.3) is 0 Å². The van der Waals surface area contributed by atoms with Gasteiger partial charge in [-0.25, -0.2) is 13.1 Å². The van der Waals surface area contributed by atoms with Crippen molar-refractivity contribution < 1.29 is 8.42 Å². The zero-order chi connectivity index (χ0) is 15.5. The number of halogens is 1. The Kier molecular flexibility index (Phi) is 7.16. The molecule has 1 atom stereocenters. The molecule has 0 saturated heterocycles. The summed E-state index contributed by atoms with van der Waals surface area (Å²) in [6.45, 7) is 4.09. The Balaban J connectivity index is 0.00000242. The van der Waals surface area contributed by atoms with Gasteiger partial charge in [0, 0.05) is 11.7 Å². The SMILES string of the molecule is CCC(CC)CS(=O)(=O)NC1CCCc2cc(N)ccc21.Cl. The first-order valence-electron chi connectivity index (χ1n) is 7.83. The lowest BCUT2D eigenvalue weighted by molar-refractivity contribution is 0.486. The van der Waals surface area contributed by atoms with Crippen LogP contribution in [0, 0.1) is 5.92 Å². The summed E-state index contributed by atoms with van der Waals surface area (Å²) in [4.78, 5) is 0. The van der Waals surface area contributed by atoms with Crippen LogP contribution in [0.5, 0.6) is 0 Å². The minimum atomic E-state index is -3.24. The van der Waals surface area contributed by atoms with Gasteiger partial charge in [0.1, 0.15) is 0 Å². The average Bonchev–Trinajstić information content (AvgIpc) is 2.44. The first kappa shape index (κ1) is 19.3. The molecule has 0 bridgehead atoms. The van der Waals surface area contributed by atoms with E-state index >= 15 is 0 Å². The summed E-state index contributed by atoms with van der Waals surface area (Å²) >= 11 is 0. The van der Waals surface area contributed by atoms with Crippen molar-refractivity contribution in [1.82, 2.24) is 4.72 Å². The van der Waals surface area contributed by atoms with Crippen molar-refractivity contribution in [2.45, 2.75) is 52.0 Å². The fourth-order valence-electron chi connectivity index (χ4n) is 3.06. The van der Waals surface area contributed by atoms with Crippen LogP contribution in [0.2, 0.25) is 0 Å². The maximum atomic E-state index is 12.4. The van der Waals surface area contributed by atoms with Gasteiger partial charge < -0.3 is 5.73 Å². The second-order valence-electron chi connectivity index (χ2n) is 5.98. The summed E-state index contributed by atoms with van der Waals surface area (Å²) in [7, 11) is -3.24. The number of anilines is 1. The summed E-state index contributed by atoms with van der Waals surface area (Å²) in [5, 5.41) is 0. The lowest BCUT2D eigenvalue weighted by atomic mass is 9.88. The molecule has 0 spiro atoms. The summed E-state index contributed by atoms with van der Waals surface area (Å²) in [6, 6.07) is 5.69. The van der Waals surface area contributed by atoms with Crippen LogP contribution in [0.15, 0.2) is 18.2 Å². The maximum Gasteiger partial charge on any atom is 0.212 e. The Morgan fingerprint density at radius 3 is 2.64 bits per heavy atom. The molecule has 6 heteroatoms. The molecule has 1 aliphatic rings. The Labute approximate surface area is 140 Å². The molecule has 1 aliphatic carbocycles. The fraction of sp³-hybridized carbons (Fsp3) is 0.625. The normalized spacial score (nSPS) is 17.9. The number of benzene rings is 1. The van der Waals surface area contributed by atoms with E-state index in [2.05, 4.69) is 4.72 Å². The Hall–Kier alpha value is -0.780. The standard InChI is InChI=1S/C16H26N2O2S.ClH/c1-3-12(4-2)11-21(19,20)18-16-7-5-6-13-10-14(17)8-9-15(13)16;/h8-10,12,16,18H,3-7,11,17H2,1-2H3;1H. The number of nitrogen functional groups attached to an aromatic ring is 1. The van der Waals surface area contributed by atoms with E-state index in [1.807, 2.05) is 32.0 Å². The second kappa shape index (κ2) is 8.18. The van der Waals surface area contributed by atoms with Crippen LogP contribution in [-0.4, -0.2) is 14.2 Å². The number of nitrogens with two attached hydrogens (primary N) is 1. The predicted octanol–water partition coefficient (Wildman–Crippen LogP) is 3.42. The molecule has 1 aromatic carbocycles. The van der Waals surface area contributed by atoms with Crippen molar-refractivity contribution in [2.24, 2.45) is 5.92 Å². The molecular formula is C16H27ClN2O2S. The van der Waals surface area contributed by atoms with Gasteiger partial charge >= 0.3 is 0 Å². The van der Waals surface area contributed by atoms with Gasteiger partial charge in [-0.2, -0.15) is 0 Å². The van der Waals surface area contributed by atoms with Crippen LogP contribution < -0.4 is 10.5 Å². The lowest BCUT2D eigenvalue weighted by Crippen LogP contribution is -2.34. The van der Waals surface area contributed by atoms with Gasteiger partial charge in [-0.15, -0.1) is 12.4 Å². The number of hydrogen-bond acceptors (Lipinski definition) is 3. The average molecular weight is 347 g/mol. The van der Waals surface area contributed by atoms with Crippen LogP contribution in [0.1, 0.15) is 56.7 Å². The van der Waals surface area contributed by atoms with E-state index in [-0.39, 0.29) is 30.1 Å². The molecule has 0 aromatic heterocycles. The number of nitrogens with one attached hydrogen (secondary N) is 1. The van der Waals surface area contributed by atoms with Crippen molar-refractivity contribution in [3.05, 3.63) is 29.3 Å². The highest BCUT2D eigenvalue weighted by Gasteiger charge is 2.26. The quantitative estimate of drug-likeness (QED) is 0.775. The molecule has 0 aliphatic heterocycles. The Bertz CT molecular complexity index is 586. The van der Waals surface area contributed by atoms with Gasteiger partial charge in [0.15, 0.2) is 0 Å². The van der Waals surface area contributed by atoms with Crippen LogP contribution in [0.3, 0.4) is 0 Å². The molecule has 0 amide bonds. The van der Waals surface area contributed by atoms with Gasteiger partial charge in [0.2, 0.25) is 10.0 Å². The molecule has 126 valence electrons. The molecule has 0 fully saturated rings. The van der Waals surface area contributed by atoms with Gasteiger partial charge in [-0.3, -0.25) is 0 Å². The molecule has 0 saturated carbocycles. The minimum Gasteiger partial charge on any atom is -0.399 e. The minimum absolute atomic E-state index is 0. The third kappa shape index (κ3) is 4.86. The largest absolute Gasteiger partial charge is 0.399 e. The first-order chi connectivity index (χ1) is 9.95. The highest BCUT2D eigenvalue weighted by molar-refractivity contribution is 7.89. The molecule has 2 rings (SSSR count). The van der Waals surface area contributed by atoms with E-state index in [9.17, 15) is 8.42 Å². The molecule has 1 unspecified atom stereocenters. The van der Waals surface area contributed by atoms with Crippen molar-refractivity contribution in [3.8, 4) is 0 Å². The van der Waals surface area contributed by atoms with E-state index in [0.717, 1.165) is 43.4 Å².